The van der Waals surface area contributed by atoms with Crippen molar-refractivity contribution >= 4 is 12.0 Å². The third-order valence-corrected chi connectivity index (χ3v) is 2.98. The first-order valence-electron chi connectivity index (χ1n) is 7.06. The van der Waals surface area contributed by atoms with Crippen LogP contribution in [-0.4, -0.2) is 35.6 Å². The maximum absolute atomic E-state index is 11.9. The molecule has 1 atom stereocenters. The molecule has 0 aliphatic heterocycles. The Balaban J connectivity index is 2.14. The molecular weight excluding hydrogens is 294 g/mol. The lowest BCUT2D eigenvalue weighted by Gasteiger charge is -2.11. The molecular formula is C17H17N3O3. The van der Waals surface area contributed by atoms with Crippen molar-refractivity contribution in [3.05, 3.63) is 53.9 Å². The van der Waals surface area contributed by atoms with Crippen LogP contribution in [0.3, 0.4) is 0 Å². The second-order valence-electron chi connectivity index (χ2n) is 4.89. The minimum absolute atomic E-state index is 0.0828. The third-order valence-electron chi connectivity index (χ3n) is 2.98. The van der Waals surface area contributed by atoms with Crippen molar-refractivity contribution in [2.45, 2.75) is 13.0 Å². The summed E-state index contributed by atoms with van der Waals surface area (Å²) in [5, 5.41) is 13.4. The van der Waals surface area contributed by atoms with Gasteiger partial charge < -0.3 is 9.47 Å². The number of nitriles is 1. The van der Waals surface area contributed by atoms with Gasteiger partial charge in [0, 0.05) is 18.9 Å². The van der Waals surface area contributed by atoms with Crippen LogP contribution >= 0.6 is 0 Å². The number of rotatable bonds is 6. The van der Waals surface area contributed by atoms with Gasteiger partial charge in [-0.05, 0) is 25.1 Å². The Labute approximate surface area is 134 Å². The Morgan fingerprint density at radius 2 is 2.17 bits per heavy atom. The van der Waals surface area contributed by atoms with Crippen LogP contribution in [0.1, 0.15) is 12.5 Å². The van der Waals surface area contributed by atoms with Gasteiger partial charge in [0.1, 0.15) is 17.7 Å². The van der Waals surface area contributed by atoms with Gasteiger partial charge in [-0.3, -0.25) is 0 Å². The van der Waals surface area contributed by atoms with Crippen molar-refractivity contribution in [1.82, 2.24) is 9.78 Å². The fourth-order valence-corrected chi connectivity index (χ4v) is 1.95. The molecule has 0 amide bonds. The number of para-hydroxylation sites is 1. The van der Waals surface area contributed by atoms with E-state index in [1.54, 1.807) is 24.0 Å². The van der Waals surface area contributed by atoms with E-state index in [0.717, 1.165) is 5.69 Å². The van der Waals surface area contributed by atoms with Gasteiger partial charge >= 0.3 is 5.97 Å². The number of methoxy groups -OCH3 is 1. The van der Waals surface area contributed by atoms with Gasteiger partial charge in [0.2, 0.25) is 0 Å². The third kappa shape index (κ3) is 4.53. The smallest absolute Gasteiger partial charge is 0.349 e. The van der Waals surface area contributed by atoms with Crippen LogP contribution in [-0.2, 0) is 14.3 Å². The standard InChI is InChI=1S/C17H17N3O3/c1-13(12-22-2)23-17(21)15(9-18)8-14-10-19-20(11-14)16-6-4-3-5-7-16/h3-8,10-11,13H,12H2,1-2H3/b15-8+/t13-/m0/s1. The van der Waals surface area contributed by atoms with Gasteiger partial charge in [-0.1, -0.05) is 18.2 Å². The van der Waals surface area contributed by atoms with Gasteiger partial charge in [0.15, 0.2) is 0 Å². The molecule has 0 saturated carbocycles. The molecule has 0 unspecified atom stereocenters. The van der Waals surface area contributed by atoms with Crippen LogP contribution in [0.4, 0.5) is 0 Å². The SMILES string of the molecule is COC[C@H](C)OC(=O)/C(C#N)=C/c1cnn(-c2ccccc2)c1. The Bertz CT molecular complexity index is 729. The summed E-state index contributed by atoms with van der Waals surface area (Å²) in [7, 11) is 1.52. The molecule has 0 spiro atoms. The van der Waals surface area contributed by atoms with E-state index in [2.05, 4.69) is 5.10 Å². The molecule has 0 radical (unpaired) electrons. The monoisotopic (exact) mass is 311 g/mol. The summed E-state index contributed by atoms with van der Waals surface area (Å²) in [6, 6.07) is 11.4. The lowest BCUT2D eigenvalue weighted by Crippen LogP contribution is -2.20. The van der Waals surface area contributed by atoms with E-state index in [9.17, 15) is 4.79 Å². The molecule has 118 valence electrons. The molecule has 0 fully saturated rings. The zero-order chi connectivity index (χ0) is 16.7. The van der Waals surface area contributed by atoms with Crippen LogP contribution < -0.4 is 0 Å². The number of hydrogen-bond acceptors (Lipinski definition) is 5. The summed E-state index contributed by atoms with van der Waals surface area (Å²) in [6.45, 7) is 1.97. The maximum Gasteiger partial charge on any atom is 0.349 e. The summed E-state index contributed by atoms with van der Waals surface area (Å²) >= 11 is 0. The largest absolute Gasteiger partial charge is 0.456 e. The second-order valence-corrected chi connectivity index (χ2v) is 4.89. The normalized spacial score (nSPS) is 12.5. The molecule has 2 rings (SSSR count). The van der Waals surface area contributed by atoms with Crippen LogP contribution in [0.25, 0.3) is 11.8 Å². The zero-order valence-electron chi connectivity index (χ0n) is 13.0. The molecule has 1 aromatic heterocycles. The minimum atomic E-state index is -0.676. The van der Waals surface area contributed by atoms with E-state index in [4.69, 9.17) is 14.7 Å². The predicted octanol–water partition coefficient (Wildman–Crippen LogP) is 2.36. The van der Waals surface area contributed by atoms with Crippen molar-refractivity contribution in [3.63, 3.8) is 0 Å². The molecule has 2 aromatic rings. The highest BCUT2D eigenvalue weighted by Gasteiger charge is 2.15. The maximum atomic E-state index is 11.9. The van der Waals surface area contributed by atoms with E-state index in [0.29, 0.717) is 5.56 Å². The number of carbonyl (C=O) groups is 1. The molecule has 6 nitrogen and oxygen atoms in total. The fraction of sp³-hybridized carbons (Fsp3) is 0.235. The first-order valence-corrected chi connectivity index (χ1v) is 7.06. The Kier molecular flexibility index (Phi) is 5.67. The van der Waals surface area contributed by atoms with Crippen LogP contribution in [0.5, 0.6) is 0 Å². The highest BCUT2D eigenvalue weighted by atomic mass is 16.6. The molecule has 23 heavy (non-hydrogen) atoms. The van der Waals surface area contributed by atoms with Crippen LogP contribution in [0.2, 0.25) is 0 Å². The zero-order valence-corrected chi connectivity index (χ0v) is 13.0. The summed E-state index contributed by atoms with van der Waals surface area (Å²) < 4.78 is 11.7. The minimum Gasteiger partial charge on any atom is -0.456 e. The highest BCUT2D eigenvalue weighted by Crippen LogP contribution is 2.12. The molecule has 0 aliphatic carbocycles. The predicted molar refractivity (Wildman–Crippen MR) is 84.6 cm³/mol. The van der Waals surface area contributed by atoms with E-state index >= 15 is 0 Å². The number of carbonyl (C=O) groups excluding carboxylic acids is 1. The first kappa shape index (κ1) is 16.5. The Hall–Kier alpha value is -2.91. The highest BCUT2D eigenvalue weighted by molar-refractivity contribution is 5.97. The number of esters is 1. The summed E-state index contributed by atoms with van der Waals surface area (Å²) in [6.07, 6.45) is 4.35. The van der Waals surface area contributed by atoms with Crippen molar-refractivity contribution in [1.29, 1.82) is 5.26 Å². The fourth-order valence-electron chi connectivity index (χ4n) is 1.95. The molecule has 0 N–H and O–H groups in total. The molecule has 1 aromatic carbocycles. The number of ether oxygens (including phenoxy) is 2. The van der Waals surface area contributed by atoms with Gasteiger partial charge in [0.05, 0.1) is 18.5 Å². The van der Waals surface area contributed by atoms with Gasteiger partial charge in [-0.2, -0.15) is 10.4 Å². The first-order chi connectivity index (χ1) is 11.1. The number of nitrogens with zero attached hydrogens (tertiary/aromatic N) is 3. The number of benzene rings is 1. The molecule has 0 aliphatic rings. The summed E-state index contributed by atoms with van der Waals surface area (Å²) in [5.74, 6) is -0.676. The molecule has 6 heteroatoms. The average Bonchev–Trinajstić information content (AvgIpc) is 3.02. The lowest BCUT2D eigenvalue weighted by molar-refractivity contribution is -0.145. The van der Waals surface area contributed by atoms with E-state index in [1.165, 1.54) is 13.2 Å². The van der Waals surface area contributed by atoms with E-state index in [1.807, 2.05) is 36.4 Å². The van der Waals surface area contributed by atoms with Crippen molar-refractivity contribution in [2.75, 3.05) is 13.7 Å². The van der Waals surface area contributed by atoms with Crippen molar-refractivity contribution in [2.24, 2.45) is 0 Å². The van der Waals surface area contributed by atoms with Crippen molar-refractivity contribution in [3.8, 4) is 11.8 Å². The summed E-state index contributed by atoms with van der Waals surface area (Å²) in [4.78, 5) is 11.9. The van der Waals surface area contributed by atoms with E-state index in [-0.39, 0.29) is 12.2 Å². The molecule has 0 saturated heterocycles. The van der Waals surface area contributed by atoms with Gasteiger partial charge in [-0.25, -0.2) is 9.48 Å². The molecule has 0 bridgehead atoms. The Morgan fingerprint density at radius 3 is 2.83 bits per heavy atom. The summed E-state index contributed by atoms with van der Waals surface area (Å²) in [5.41, 5.74) is 1.45. The number of aromatic nitrogens is 2. The average molecular weight is 311 g/mol. The number of hydrogen-bond donors (Lipinski definition) is 0. The van der Waals surface area contributed by atoms with Crippen LogP contribution in [0, 0.1) is 11.3 Å². The topological polar surface area (TPSA) is 77.1 Å². The van der Waals surface area contributed by atoms with Crippen molar-refractivity contribution < 1.29 is 14.3 Å². The van der Waals surface area contributed by atoms with E-state index < -0.39 is 12.1 Å². The second kappa shape index (κ2) is 7.92. The van der Waals surface area contributed by atoms with Crippen LogP contribution in [0.15, 0.2) is 48.3 Å². The quantitative estimate of drug-likeness (QED) is 0.465. The lowest BCUT2D eigenvalue weighted by atomic mass is 10.2. The molecule has 1 heterocycles. The van der Waals surface area contributed by atoms with Gasteiger partial charge in [-0.15, -0.1) is 0 Å². The van der Waals surface area contributed by atoms with Gasteiger partial charge in [0.25, 0.3) is 0 Å². The Morgan fingerprint density at radius 1 is 1.43 bits per heavy atom.